The summed E-state index contributed by atoms with van der Waals surface area (Å²) >= 11 is 6.10. The topological polar surface area (TPSA) is 67.8 Å². The Morgan fingerprint density at radius 3 is 2.70 bits per heavy atom. The van der Waals surface area contributed by atoms with Gasteiger partial charge in [-0.05, 0) is 18.2 Å². The van der Waals surface area contributed by atoms with E-state index in [0.717, 1.165) is 15.7 Å². The lowest BCUT2D eigenvalue weighted by Gasteiger charge is -2.01. The summed E-state index contributed by atoms with van der Waals surface area (Å²) in [4.78, 5) is 24.5. The zero-order chi connectivity index (χ0) is 16.1. The minimum atomic E-state index is -0.126. The number of nitrogens with one attached hydrogen (secondary N) is 1. The predicted molar refractivity (Wildman–Crippen MR) is 96.6 cm³/mol. The normalized spacial score (nSPS) is 10.5. The third-order valence-corrected chi connectivity index (χ3v) is 4.93. The molecule has 0 saturated carbocycles. The van der Waals surface area contributed by atoms with Crippen LogP contribution in [0.3, 0.4) is 0 Å². The molecule has 0 radical (unpaired) electrons. The van der Waals surface area contributed by atoms with Crippen molar-refractivity contribution in [3.05, 3.63) is 52.6 Å². The molecule has 2 aromatic heterocycles. The third kappa shape index (κ3) is 4.60. The quantitative estimate of drug-likeness (QED) is 0.510. The summed E-state index contributed by atoms with van der Waals surface area (Å²) in [6.07, 6.45) is 3.30. The Kier molecular flexibility index (Phi) is 5.37. The Hall–Kier alpha value is -1.77. The van der Waals surface area contributed by atoms with Gasteiger partial charge in [0.1, 0.15) is 0 Å². The van der Waals surface area contributed by atoms with Crippen LogP contribution in [0.1, 0.15) is 0 Å². The van der Waals surface area contributed by atoms with E-state index >= 15 is 0 Å². The Morgan fingerprint density at radius 2 is 1.96 bits per heavy atom. The molecule has 0 bridgehead atoms. The summed E-state index contributed by atoms with van der Waals surface area (Å²) in [5.74, 6) is 0.121. The zero-order valence-corrected chi connectivity index (χ0v) is 15.0. The molecule has 116 valence electrons. The predicted octanol–water partition coefficient (Wildman–Crippen LogP) is 4.09. The molecule has 0 spiro atoms. The molecule has 1 amide bonds. The second-order valence-electron chi connectivity index (χ2n) is 4.41. The fourth-order valence-electron chi connectivity index (χ4n) is 1.73. The van der Waals surface area contributed by atoms with Crippen molar-refractivity contribution in [2.75, 3.05) is 11.1 Å². The number of hydrogen-bond acceptors (Lipinski definition) is 6. The average molecular weight is 407 g/mol. The fourth-order valence-corrected chi connectivity index (χ4v) is 3.33. The molecule has 0 aliphatic rings. The van der Waals surface area contributed by atoms with Gasteiger partial charge in [0.05, 0.1) is 11.4 Å². The first-order chi connectivity index (χ1) is 11.2. The van der Waals surface area contributed by atoms with Crippen molar-refractivity contribution in [1.82, 2.24) is 15.0 Å². The van der Waals surface area contributed by atoms with Crippen LogP contribution in [0.25, 0.3) is 11.3 Å². The van der Waals surface area contributed by atoms with E-state index in [1.165, 1.54) is 23.1 Å². The largest absolute Gasteiger partial charge is 0.301 e. The highest BCUT2D eigenvalue weighted by Crippen LogP contribution is 2.26. The number of halogens is 1. The van der Waals surface area contributed by atoms with Gasteiger partial charge in [0.15, 0.2) is 10.3 Å². The van der Waals surface area contributed by atoms with Crippen LogP contribution in [0.15, 0.2) is 57.7 Å². The van der Waals surface area contributed by atoms with E-state index in [-0.39, 0.29) is 11.7 Å². The summed E-state index contributed by atoms with van der Waals surface area (Å²) in [7, 11) is 0. The molecule has 0 fully saturated rings. The van der Waals surface area contributed by atoms with E-state index in [9.17, 15) is 4.79 Å². The number of nitrogens with zero attached hydrogens (tertiary/aromatic N) is 3. The van der Waals surface area contributed by atoms with Gasteiger partial charge in [-0.15, -0.1) is 11.3 Å². The maximum absolute atomic E-state index is 11.9. The fraction of sp³-hybridized carbons (Fsp3) is 0.0667. The molecule has 8 heteroatoms. The number of amides is 1. The second-order valence-corrected chi connectivity index (χ2v) is 7.13. The van der Waals surface area contributed by atoms with Crippen LogP contribution in [0.2, 0.25) is 0 Å². The van der Waals surface area contributed by atoms with E-state index < -0.39 is 0 Å². The highest BCUT2D eigenvalue weighted by Gasteiger charge is 2.09. The first kappa shape index (κ1) is 16.1. The van der Waals surface area contributed by atoms with E-state index in [1.807, 2.05) is 29.6 Å². The van der Waals surface area contributed by atoms with E-state index in [1.54, 1.807) is 18.5 Å². The summed E-state index contributed by atoms with van der Waals surface area (Å²) < 4.78 is 1.02. The van der Waals surface area contributed by atoms with Crippen LogP contribution in [0, 0.1) is 0 Å². The monoisotopic (exact) mass is 406 g/mol. The van der Waals surface area contributed by atoms with Gasteiger partial charge < -0.3 is 5.32 Å². The van der Waals surface area contributed by atoms with Gasteiger partial charge in [-0.25, -0.2) is 15.0 Å². The smallest absolute Gasteiger partial charge is 0.236 e. The molecule has 1 aromatic carbocycles. The molecule has 23 heavy (non-hydrogen) atoms. The lowest BCUT2D eigenvalue weighted by Crippen LogP contribution is -2.14. The molecule has 3 rings (SSSR count). The maximum Gasteiger partial charge on any atom is 0.236 e. The highest BCUT2D eigenvalue weighted by atomic mass is 79.9. The number of thiazole rings is 1. The van der Waals surface area contributed by atoms with Gasteiger partial charge in [-0.2, -0.15) is 0 Å². The van der Waals surface area contributed by atoms with Crippen molar-refractivity contribution in [1.29, 1.82) is 0 Å². The number of hydrogen-bond donors (Lipinski definition) is 1. The zero-order valence-electron chi connectivity index (χ0n) is 11.8. The molecule has 3 aromatic rings. The maximum atomic E-state index is 11.9. The van der Waals surface area contributed by atoms with Crippen LogP contribution in [-0.2, 0) is 4.79 Å². The number of thioether (sulfide) groups is 1. The SMILES string of the molecule is O=C(CSc1ncccn1)Nc1nc(-c2ccc(Br)cc2)cs1. The van der Waals surface area contributed by atoms with Gasteiger partial charge in [-0.3, -0.25) is 4.79 Å². The van der Waals surface area contributed by atoms with Crippen molar-refractivity contribution in [3.8, 4) is 11.3 Å². The Labute approximate surface area is 149 Å². The summed E-state index contributed by atoms with van der Waals surface area (Å²) in [5, 5.41) is 5.89. The molecule has 0 aliphatic carbocycles. The van der Waals surface area contributed by atoms with Gasteiger partial charge in [-0.1, -0.05) is 39.8 Å². The van der Waals surface area contributed by atoms with Crippen molar-refractivity contribution < 1.29 is 4.79 Å². The standard InChI is InChI=1S/C15H11BrN4OS2/c16-11-4-2-10(3-5-11)12-8-22-15(19-12)20-13(21)9-23-14-17-6-1-7-18-14/h1-8H,9H2,(H,19,20,21). The first-order valence-electron chi connectivity index (χ1n) is 6.62. The highest BCUT2D eigenvalue weighted by molar-refractivity contribution is 9.10. The lowest BCUT2D eigenvalue weighted by molar-refractivity contribution is -0.113. The molecule has 1 N–H and O–H groups in total. The lowest BCUT2D eigenvalue weighted by atomic mass is 10.2. The number of aromatic nitrogens is 3. The second kappa shape index (κ2) is 7.67. The Balaban J connectivity index is 1.58. The van der Waals surface area contributed by atoms with E-state index in [4.69, 9.17) is 0 Å². The van der Waals surface area contributed by atoms with Gasteiger partial charge >= 0.3 is 0 Å². The summed E-state index contributed by atoms with van der Waals surface area (Å²) in [6.45, 7) is 0. The van der Waals surface area contributed by atoms with Crippen LogP contribution in [-0.4, -0.2) is 26.6 Å². The van der Waals surface area contributed by atoms with Crippen LogP contribution < -0.4 is 5.32 Å². The number of anilines is 1. The van der Waals surface area contributed by atoms with Gasteiger partial charge in [0.2, 0.25) is 5.91 Å². The average Bonchev–Trinajstić information content (AvgIpc) is 3.03. The van der Waals surface area contributed by atoms with Crippen molar-refractivity contribution in [2.24, 2.45) is 0 Å². The van der Waals surface area contributed by atoms with Gasteiger partial charge in [0.25, 0.3) is 0 Å². The molecular formula is C15H11BrN4OS2. The summed E-state index contributed by atoms with van der Waals surface area (Å²) in [5.41, 5.74) is 1.86. The Bertz CT molecular complexity index is 793. The van der Waals surface area contributed by atoms with E-state index in [0.29, 0.717) is 10.3 Å². The minimum Gasteiger partial charge on any atom is -0.301 e. The van der Waals surface area contributed by atoms with Crippen molar-refractivity contribution in [3.63, 3.8) is 0 Å². The number of benzene rings is 1. The minimum absolute atomic E-state index is 0.126. The molecule has 0 unspecified atom stereocenters. The first-order valence-corrected chi connectivity index (χ1v) is 9.28. The molecule has 0 aliphatic heterocycles. The van der Waals surface area contributed by atoms with Crippen molar-refractivity contribution in [2.45, 2.75) is 5.16 Å². The molecule has 0 saturated heterocycles. The molecule has 0 atom stereocenters. The van der Waals surface area contributed by atoms with E-state index in [2.05, 4.69) is 36.2 Å². The molecular weight excluding hydrogens is 396 g/mol. The number of rotatable bonds is 5. The van der Waals surface area contributed by atoms with Crippen LogP contribution >= 0.6 is 39.0 Å². The van der Waals surface area contributed by atoms with Crippen LogP contribution in [0.5, 0.6) is 0 Å². The van der Waals surface area contributed by atoms with Crippen LogP contribution in [0.4, 0.5) is 5.13 Å². The number of carbonyl (C=O) groups is 1. The molecule has 5 nitrogen and oxygen atoms in total. The van der Waals surface area contributed by atoms with Crippen molar-refractivity contribution >= 4 is 50.1 Å². The molecule has 2 heterocycles. The third-order valence-electron chi connectivity index (χ3n) is 2.76. The van der Waals surface area contributed by atoms with Gasteiger partial charge in [0, 0.05) is 27.8 Å². The Morgan fingerprint density at radius 1 is 1.22 bits per heavy atom. The number of carbonyl (C=O) groups excluding carboxylic acids is 1. The summed E-state index contributed by atoms with van der Waals surface area (Å²) in [6, 6.07) is 9.62.